The van der Waals surface area contributed by atoms with Gasteiger partial charge in [-0.15, -0.1) is 0 Å². The van der Waals surface area contributed by atoms with Gasteiger partial charge in [-0.2, -0.15) is 0 Å². The van der Waals surface area contributed by atoms with Crippen molar-refractivity contribution in [3.8, 4) is 0 Å². The van der Waals surface area contributed by atoms with Gasteiger partial charge in [-0.25, -0.2) is 24.5 Å². The number of aromatic nitrogens is 4. The van der Waals surface area contributed by atoms with Gasteiger partial charge in [-0.05, 0) is 90.2 Å². The molecule has 2 atom stereocenters. The van der Waals surface area contributed by atoms with Crippen molar-refractivity contribution in [2.45, 2.75) is 70.1 Å². The second-order valence-electron chi connectivity index (χ2n) is 13.3. The monoisotopic (exact) mass is 806 g/mol. The summed E-state index contributed by atoms with van der Waals surface area (Å²) < 4.78 is 7.55. The van der Waals surface area contributed by atoms with Gasteiger partial charge < -0.3 is 20.7 Å². The Labute approximate surface area is 319 Å². The number of unbranched alkanes of at least 4 members (excludes halogenated alkanes) is 1. The predicted octanol–water partition coefficient (Wildman–Crippen LogP) is 5.00. The van der Waals surface area contributed by atoms with Crippen LogP contribution in [0.15, 0.2) is 64.4 Å². The van der Waals surface area contributed by atoms with Crippen molar-refractivity contribution in [1.29, 1.82) is 0 Å². The zero-order chi connectivity index (χ0) is 37.3. The van der Waals surface area contributed by atoms with Crippen LogP contribution in [-0.2, 0) is 28.9 Å². The first-order valence-electron chi connectivity index (χ1n) is 17.6. The number of ether oxygens (including phenoxy) is 1. The van der Waals surface area contributed by atoms with Crippen molar-refractivity contribution in [2.24, 2.45) is 5.92 Å². The number of benzene rings is 2. The average molecular weight is 808 g/mol. The van der Waals surface area contributed by atoms with Crippen LogP contribution in [0.5, 0.6) is 0 Å². The summed E-state index contributed by atoms with van der Waals surface area (Å²) in [7, 11) is 0. The van der Waals surface area contributed by atoms with E-state index in [0.717, 1.165) is 19.3 Å². The summed E-state index contributed by atoms with van der Waals surface area (Å²) in [6.45, 7) is 1.14. The van der Waals surface area contributed by atoms with Crippen LogP contribution >= 0.6 is 27.5 Å². The molecule has 16 heteroatoms. The number of alkyl carbamates (subject to hydrolysis) is 1. The highest BCUT2D eigenvalue weighted by molar-refractivity contribution is 9.10. The minimum absolute atomic E-state index is 0.0662. The smallest absolute Gasteiger partial charge is 0.407 e. The number of ketones is 2. The van der Waals surface area contributed by atoms with Crippen molar-refractivity contribution in [3.05, 3.63) is 91.8 Å². The Morgan fingerprint density at radius 1 is 0.981 bits per heavy atom. The van der Waals surface area contributed by atoms with Crippen molar-refractivity contribution >= 4 is 67.9 Å². The number of nitrogens with zero attached hydrogens (tertiary/aromatic N) is 4. The van der Waals surface area contributed by atoms with Crippen LogP contribution in [0.2, 0.25) is 5.02 Å². The van der Waals surface area contributed by atoms with Gasteiger partial charge in [-0.1, -0.05) is 35.9 Å². The van der Waals surface area contributed by atoms with E-state index in [9.17, 15) is 24.0 Å². The second-order valence-corrected chi connectivity index (χ2v) is 14.6. The Kier molecular flexibility index (Phi) is 12.8. The number of halogens is 2. The fourth-order valence-electron chi connectivity index (χ4n) is 6.79. The summed E-state index contributed by atoms with van der Waals surface area (Å²) in [5.41, 5.74) is 2.76. The van der Waals surface area contributed by atoms with Crippen LogP contribution in [0.25, 0.3) is 10.9 Å². The number of amides is 3. The molecule has 3 heterocycles. The topological polar surface area (TPSA) is 186 Å². The van der Waals surface area contributed by atoms with Crippen LogP contribution in [0, 0.1) is 5.92 Å². The summed E-state index contributed by atoms with van der Waals surface area (Å²) in [6, 6.07) is 10.5. The summed E-state index contributed by atoms with van der Waals surface area (Å²) in [5, 5.41) is 12.1. The SMILES string of the molecule is O=C(C[C@H]1NCCC[C@@H]1OC(=O)NCCCCNC(=O)Nc1nccnc1C(=O)CC1Cc2ccccc2C1)Cn1cnc2cc(Br)c(Cl)cc2c1=O. The van der Waals surface area contributed by atoms with Crippen LogP contribution in [0.4, 0.5) is 15.4 Å². The third kappa shape index (κ3) is 10.0. The molecular weight excluding hydrogens is 768 g/mol. The third-order valence-electron chi connectivity index (χ3n) is 9.40. The maximum atomic E-state index is 13.1. The Bertz CT molecular complexity index is 2040. The number of hydrogen-bond donors (Lipinski definition) is 4. The lowest BCUT2D eigenvalue weighted by Crippen LogP contribution is -2.49. The Morgan fingerprint density at radius 2 is 1.72 bits per heavy atom. The highest BCUT2D eigenvalue weighted by atomic mass is 79.9. The van der Waals surface area contributed by atoms with Crippen molar-refractivity contribution < 1.29 is 23.9 Å². The number of piperidine rings is 1. The van der Waals surface area contributed by atoms with Crippen molar-refractivity contribution in [2.75, 3.05) is 25.0 Å². The molecule has 0 unspecified atom stereocenters. The normalized spacial score (nSPS) is 16.9. The standard InChI is InChI=1S/C37H40BrClN8O6/c38-27-19-29-26(18-28(27)39)35(50)47(21-45-29)20-25(48)17-30-32(8-5-11-40-30)53-37(52)44-10-4-3-9-43-36(51)46-34-33(41-12-13-42-34)31(49)16-22-14-23-6-1-2-7-24(23)15-22/h1-2,6-7,12-13,18-19,21-22,30,32,40H,3-5,8-11,14-17,20H2,(H,44,52)(H2,42,43,46,51)/t30-,32+/m1/s1. The lowest BCUT2D eigenvalue weighted by Gasteiger charge is -2.31. The molecule has 2 aromatic heterocycles. The minimum atomic E-state index is -0.596. The molecule has 0 saturated carbocycles. The molecule has 0 spiro atoms. The first-order valence-corrected chi connectivity index (χ1v) is 18.8. The fourth-order valence-corrected chi connectivity index (χ4v) is 7.29. The molecule has 2 aromatic carbocycles. The molecule has 3 amide bonds. The molecule has 1 fully saturated rings. The largest absolute Gasteiger partial charge is 0.445 e. The average Bonchev–Trinajstić information content (AvgIpc) is 3.55. The van der Waals surface area contributed by atoms with Gasteiger partial charge in [-0.3, -0.25) is 24.3 Å². The molecule has 4 aromatic rings. The molecule has 14 nitrogen and oxygen atoms in total. The first-order chi connectivity index (χ1) is 25.6. The van der Waals surface area contributed by atoms with E-state index < -0.39 is 24.3 Å². The van der Waals surface area contributed by atoms with Gasteiger partial charge in [0.05, 0.1) is 34.8 Å². The van der Waals surface area contributed by atoms with Crippen LogP contribution < -0.4 is 26.8 Å². The molecule has 4 N–H and O–H groups in total. The van der Waals surface area contributed by atoms with E-state index in [2.05, 4.69) is 64.3 Å². The highest BCUT2D eigenvalue weighted by Gasteiger charge is 2.30. The number of Topliss-reactive ketones (excluding diaryl/α,β-unsaturated/α-hetero) is 2. The summed E-state index contributed by atoms with van der Waals surface area (Å²) in [6.07, 6.45) is 7.65. The molecule has 1 saturated heterocycles. The van der Waals surface area contributed by atoms with E-state index in [1.807, 2.05) is 12.1 Å². The van der Waals surface area contributed by atoms with Gasteiger partial charge in [0.15, 0.2) is 17.4 Å². The third-order valence-corrected chi connectivity index (χ3v) is 10.6. The van der Waals surface area contributed by atoms with E-state index >= 15 is 0 Å². The Balaban J connectivity index is 0.888. The summed E-state index contributed by atoms with van der Waals surface area (Å²) in [4.78, 5) is 77.0. The number of fused-ring (bicyclic) bond motifs is 2. The highest BCUT2D eigenvalue weighted by Crippen LogP contribution is 2.30. The zero-order valence-corrected chi connectivity index (χ0v) is 31.2. The number of hydrogen-bond acceptors (Lipinski definition) is 10. The molecule has 1 aliphatic carbocycles. The predicted molar refractivity (Wildman–Crippen MR) is 202 cm³/mol. The molecule has 6 rings (SSSR count). The second kappa shape index (κ2) is 17.9. The number of nitrogens with one attached hydrogen (secondary N) is 4. The van der Waals surface area contributed by atoms with Gasteiger partial charge in [0.2, 0.25) is 0 Å². The molecule has 0 radical (unpaired) electrons. The number of rotatable bonds is 14. The molecule has 2 aliphatic rings. The van der Waals surface area contributed by atoms with Crippen molar-refractivity contribution in [1.82, 2.24) is 35.5 Å². The van der Waals surface area contributed by atoms with Crippen LogP contribution in [0.1, 0.15) is 60.1 Å². The zero-order valence-electron chi connectivity index (χ0n) is 28.9. The van der Waals surface area contributed by atoms with E-state index in [4.69, 9.17) is 16.3 Å². The van der Waals surface area contributed by atoms with Gasteiger partial charge in [0.25, 0.3) is 5.56 Å². The fraction of sp³-hybridized carbons (Fsp3) is 0.405. The van der Waals surface area contributed by atoms with E-state index in [1.54, 1.807) is 6.07 Å². The van der Waals surface area contributed by atoms with Crippen LogP contribution in [0.3, 0.4) is 0 Å². The minimum Gasteiger partial charge on any atom is -0.445 e. The van der Waals surface area contributed by atoms with E-state index in [0.29, 0.717) is 65.7 Å². The molecule has 1 aliphatic heterocycles. The first kappa shape index (κ1) is 38.0. The maximum Gasteiger partial charge on any atom is 0.407 e. The van der Waals surface area contributed by atoms with Gasteiger partial charge in [0.1, 0.15) is 11.8 Å². The van der Waals surface area contributed by atoms with Crippen LogP contribution in [-0.4, -0.2) is 75.0 Å². The Hall–Kier alpha value is -4.73. The lowest BCUT2D eigenvalue weighted by molar-refractivity contribution is -0.121. The summed E-state index contributed by atoms with van der Waals surface area (Å²) >= 11 is 9.48. The summed E-state index contributed by atoms with van der Waals surface area (Å²) in [5.74, 6) is -0.0761. The Morgan fingerprint density at radius 3 is 2.49 bits per heavy atom. The van der Waals surface area contributed by atoms with E-state index in [1.165, 1.54) is 40.5 Å². The molecule has 0 bridgehead atoms. The van der Waals surface area contributed by atoms with E-state index in [-0.39, 0.29) is 47.5 Å². The molecule has 53 heavy (non-hydrogen) atoms. The maximum absolute atomic E-state index is 13.1. The molecular formula is C37H40BrClN8O6. The number of carbonyl (C=O) groups is 4. The van der Waals surface area contributed by atoms with Gasteiger partial charge in [0, 0.05) is 42.8 Å². The number of urea groups is 1. The lowest BCUT2D eigenvalue weighted by atomic mass is 9.96. The quantitative estimate of drug-likeness (QED) is 0.0999. The number of carbonyl (C=O) groups excluding carboxylic acids is 4. The van der Waals surface area contributed by atoms with Gasteiger partial charge >= 0.3 is 12.1 Å². The molecule has 278 valence electrons. The van der Waals surface area contributed by atoms with Crippen molar-refractivity contribution in [3.63, 3.8) is 0 Å². The number of anilines is 1.